The SMILES string of the molecule is CCCCCCSCC(CCCCCC(O)CCCCCC(CSCCCCCC)C(CC1CCCCC1)C(=O)O)C(CC1CCCCC1)C(=O)O. The van der Waals surface area contributed by atoms with Crippen molar-refractivity contribution in [2.75, 3.05) is 23.0 Å². The highest BCUT2D eigenvalue weighted by Crippen LogP contribution is 2.37. The molecule has 306 valence electrons. The molecule has 3 N–H and O–H groups in total. The molecule has 0 saturated heterocycles. The maximum Gasteiger partial charge on any atom is 0.306 e. The van der Waals surface area contributed by atoms with Crippen LogP contribution >= 0.6 is 23.5 Å². The van der Waals surface area contributed by atoms with Crippen molar-refractivity contribution in [3.05, 3.63) is 0 Å². The Labute approximate surface area is 330 Å². The molecule has 4 unspecified atom stereocenters. The molecule has 2 aliphatic rings. The molecule has 0 aliphatic heterocycles. The van der Waals surface area contributed by atoms with Gasteiger partial charge in [-0.05, 0) is 98.0 Å². The Bertz CT molecular complexity index is 791. The third kappa shape index (κ3) is 22.9. The van der Waals surface area contributed by atoms with Gasteiger partial charge in [-0.3, -0.25) is 9.59 Å². The van der Waals surface area contributed by atoms with Crippen molar-refractivity contribution in [3.8, 4) is 0 Å². The van der Waals surface area contributed by atoms with Gasteiger partial charge >= 0.3 is 11.9 Å². The summed E-state index contributed by atoms with van der Waals surface area (Å²) in [6, 6.07) is 0. The highest BCUT2D eigenvalue weighted by atomic mass is 32.2. The van der Waals surface area contributed by atoms with E-state index in [0.29, 0.717) is 11.8 Å². The van der Waals surface area contributed by atoms with Gasteiger partial charge in [0, 0.05) is 0 Å². The number of aliphatic carboxylic acids is 2. The molecular weight excluding hydrogens is 685 g/mol. The van der Waals surface area contributed by atoms with E-state index in [1.54, 1.807) is 0 Å². The fourth-order valence-electron chi connectivity index (χ4n) is 9.16. The summed E-state index contributed by atoms with van der Waals surface area (Å²) in [6.45, 7) is 4.49. The molecule has 0 amide bonds. The second-order valence-corrected chi connectivity index (χ2v) is 19.4. The van der Waals surface area contributed by atoms with Crippen molar-refractivity contribution in [2.24, 2.45) is 35.5 Å². The Morgan fingerprint density at radius 2 is 0.885 bits per heavy atom. The normalized spacial score (nSPS) is 18.9. The van der Waals surface area contributed by atoms with Crippen LogP contribution in [0.15, 0.2) is 0 Å². The lowest BCUT2D eigenvalue weighted by Gasteiger charge is -2.29. The van der Waals surface area contributed by atoms with E-state index in [1.165, 1.54) is 116 Å². The van der Waals surface area contributed by atoms with E-state index in [9.17, 15) is 24.9 Å². The molecule has 5 nitrogen and oxygen atoms in total. The highest BCUT2D eigenvalue weighted by molar-refractivity contribution is 7.99. The molecule has 0 aromatic rings. The smallest absolute Gasteiger partial charge is 0.306 e. The van der Waals surface area contributed by atoms with Gasteiger partial charge in [0.2, 0.25) is 0 Å². The summed E-state index contributed by atoms with van der Waals surface area (Å²) in [6.07, 6.45) is 34.1. The van der Waals surface area contributed by atoms with Crippen LogP contribution in [-0.2, 0) is 9.59 Å². The number of carbonyl (C=O) groups is 2. The largest absolute Gasteiger partial charge is 0.481 e. The lowest BCUT2D eigenvalue weighted by molar-refractivity contribution is -0.145. The first-order valence-electron chi connectivity index (χ1n) is 22.6. The molecule has 52 heavy (non-hydrogen) atoms. The van der Waals surface area contributed by atoms with Gasteiger partial charge in [0.05, 0.1) is 17.9 Å². The number of hydrogen-bond acceptors (Lipinski definition) is 5. The summed E-state index contributed by atoms with van der Waals surface area (Å²) >= 11 is 3.97. The summed E-state index contributed by atoms with van der Waals surface area (Å²) in [5.41, 5.74) is 0. The van der Waals surface area contributed by atoms with Crippen molar-refractivity contribution >= 4 is 35.5 Å². The number of carboxylic acids is 2. The molecule has 2 fully saturated rings. The molecule has 7 heteroatoms. The van der Waals surface area contributed by atoms with Crippen molar-refractivity contribution in [1.82, 2.24) is 0 Å². The number of aliphatic hydroxyl groups excluding tert-OH is 1. The predicted octanol–water partition coefficient (Wildman–Crippen LogP) is 13.5. The lowest BCUT2D eigenvalue weighted by atomic mass is 9.77. The molecule has 0 spiro atoms. The van der Waals surface area contributed by atoms with E-state index in [1.807, 2.05) is 23.5 Å². The number of hydrogen-bond donors (Lipinski definition) is 3. The zero-order chi connectivity index (χ0) is 37.7. The molecule has 2 rings (SSSR count). The molecule has 0 aromatic carbocycles. The van der Waals surface area contributed by atoms with Gasteiger partial charge in [-0.15, -0.1) is 0 Å². The van der Waals surface area contributed by atoms with Crippen LogP contribution in [0.2, 0.25) is 0 Å². The first-order valence-corrected chi connectivity index (χ1v) is 25.0. The Morgan fingerprint density at radius 1 is 0.519 bits per heavy atom. The van der Waals surface area contributed by atoms with Gasteiger partial charge in [-0.25, -0.2) is 0 Å². The van der Waals surface area contributed by atoms with E-state index in [0.717, 1.165) is 100 Å². The van der Waals surface area contributed by atoms with Gasteiger partial charge in [0.15, 0.2) is 0 Å². The number of rotatable bonds is 34. The van der Waals surface area contributed by atoms with Crippen molar-refractivity contribution in [1.29, 1.82) is 0 Å². The average Bonchev–Trinajstić information content (AvgIpc) is 3.14. The van der Waals surface area contributed by atoms with E-state index in [2.05, 4.69) is 13.8 Å². The average molecular weight is 769 g/mol. The first-order chi connectivity index (χ1) is 25.3. The molecule has 2 aliphatic carbocycles. The van der Waals surface area contributed by atoms with E-state index < -0.39 is 11.9 Å². The van der Waals surface area contributed by atoms with Crippen LogP contribution in [0.25, 0.3) is 0 Å². The van der Waals surface area contributed by atoms with Crippen LogP contribution in [0, 0.1) is 35.5 Å². The van der Waals surface area contributed by atoms with E-state index >= 15 is 0 Å². The third-order valence-electron chi connectivity index (χ3n) is 12.6. The Hall–Kier alpha value is -0.400. The van der Waals surface area contributed by atoms with Gasteiger partial charge in [0.25, 0.3) is 0 Å². The fourth-order valence-corrected chi connectivity index (χ4v) is 11.7. The van der Waals surface area contributed by atoms with Crippen LogP contribution < -0.4 is 0 Å². The summed E-state index contributed by atoms with van der Waals surface area (Å²) in [7, 11) is 0. The second-order valence-electron chi connectivity index (χ2n) is 17.1. The minimum Gasteiger partial charge on any atom is -0.481 e. The number of carboxylic acid groups (broad SMARTS) is 2. The summed E-state index contributed by atoms with van der Waals surface area (Å²) in [5.74, 6) is 4.38. The molecule has 4 atom stereocenters. The maximum atomic E-state index is 12.5. The minimum atomic E-state index is -0.576. The maximum absolute atomic E-state index is 12.5. The van der Waals surface area contributed by atoms with Crippen LogP contribution in [0.3, 0.4) is 0 Å². The molecule has 0 radical (unpaired) electrons. The topological polar surface area (TPSA) is 94.8 Å². The summed E-state index contributed by atoms with van der Waals surface area (Å²) in [4.78, 5) is 25.0. The van der Waals surface area contributed by atoms with E-state index in [-0.39, 0.29) is 29.8 Å². The number of aliphatic hydroxyl groups is 1. The molecule has 2 saturated carbocycles. The number of thioether (sulfide) groups is 2. The van der Waals surface area contributed by atoms with Crippen molar-refractivity contribution < 1.29 is 24.9 Å². The van der Waals surface area contributed by atoms with Gasteiger partial charge < -0.3 is 15.3 Å². The predicted molar refractivity (Wildman–Crippen MR) is 227 cm³/mol. The molecule has 0 aromatic heterocycles. The van der Waals surface area contributed by atoms with Crippen molar-refractivity contribution in [2.45, 2.75) is 213 Å². The lowest BCUT2D eigenvalue weighted by Crippen LogP contribution is -2.28. The second kappa shape index (κ2) is 31.8. The zero-order valence-corrected chi connectivity index (χ0v) is 35.7. The van der Waals surface area contributed by atoms with Crippen LogP contribution in [-0.4, -0.2) is 56.4 Å². The first kappa shape index (κ1) is 47.8. The van der Waals surface area contributed by atoms with Gasteiger partial charge in [-0.2, -0.15) is 23.5 Å². The van der Waals surface area contributed by atoms with Crippen LogP contribution in [0.4, 0.5) is 0 Å². The van der Waals surface area contributed by atoms with Crippen LogP contribution in [0.5, 0.6) is 0 Å². The Morgan fingerprint density at radius 3 is 1.25 bits per heavy atom. The number of unbranched alkanes of at least 4 members (excludes halogenated alkanes) is 10. The monoisotopic (exact) mass is 769 g/mol. The summed E-state index contributed by atoms with van der Waals surface area (Å²) < 4.78 is 0. The highest BCUT2D eigenvalue weighted by Gasteiger charge is 2.32. The Balaban J connectivity index is 1.74. The molecule has 0 bridgehead atoms. The fraction of sp³-hybridized carbons (Fsp3) is 0.956. The Kier molecular flexibility index (Phi) is 29.2. The van der Waals surface area contributed by atoms with Crippen LogP contribution in [0.1, 0.15) is 206 Å². The van der Waals surface area contributed by atoms with Crippen molar-refractivity contribution in [3.63, 3.8) is 0 Å². The van der Waals surface area contributed by atoms with E-state index in [4.69, 9.17) is 0 Å². The molecular formula is C45H84O5S2. The summed E-state index contributed by atoms with van der Waals surface area (Å²) in [5, 5.41) is 31.4. The molecule has 0 heterocycles. The third-order valence-corrected chi connectivity index (χ3v) is 15.1. The standard InChI is InChI=1S/C45H84O5S2/c1-3-5-7-21-31-51-35-39(42(44(47)48)33-37-23-13-9-14-24-37)27-17-11-19-29-41(46)30-20-12-18-28-40(36-52-32-22-8-6-4-2)43(45(49)50)34-38-25-15-10-16-26-38/h37-43,46H,3-36H2,1-2H3,(H,47,48)(H,49,50). The van der Waals surface area contributed by atoms with Gasteiger partial charge in [-0.1, -0.05) is 155 Å². The quantitative estimate of drug-likeness (QED) is 0.0561. The van der Waals surface area contributed by atoms with Gasteiger partial charge in [0.1, 0.15) is 0 Å². The zero-order valence-electron chi connectivity index (χ0n) is 34.1. The minimum absolute atomic E-state index is 0.209.